The number of carbonyl (C=O) groups is 2. The minimum Gasteiger partial charge on any atom is -0.497 e. The molecule has 218 valence electrons. The van der Waals surface area contributed by atoms with Crippen molar-refractivity contribution in [1.82, 2.24) is 14.9 Å². The Balaban J connectivity index is 1.43. The molecule has 3 aromatic rings. The van der Waals surface area contributed by atoms with Gasteiger partial charge in [0.2, 0.25) is 21.8 Å². The summed E-state index contributed by atoms with van der Waals surface area (Å²) in [4.78, 5) is 28.5. The Hall–Kier alpha value is -3.89. The maximum absolute atomic E-state index is 13.5. The van der Waals surface area contributed by atoms with Crippen molar-refractivity contribution in [2.75, 3.05) is 14.2 Å². The van der Waals surface area contributed by atoms with Crippen LogP contribution in [0.5, 0.6) is 11.5 Å². The second-order valence-electron chi connectivity index (χ2n) is 10.1. The van der Waals surface area contributed by atoms with E-state index in [2.05, 4.69) is 10.0 Å². The molecule has 2 N–H and O–H groups in total. The first-order chi connectivity index (χ1) is 19.7. The van der Waals surface area contributed by atoms with Crippen molar-refractivity contribution in [1.29, 1.82) is 0 Å². The predicted octanol–water partition coefficient (Wildman–Crippen LogP) is 3.81. The van der Waals surface area contributed by atoms with Gasteiger partial charge in [-0.3, -0.25) is 9.59 Å². The maximum Gasteiger partial charge on any atom is 0.242 e. The van der Waals surface area contributed by atoms with Gasteiger partial charge in [0, 0.05) is 31.1 Å². The van der Waals surface area contributed by atoms with E-state index in [1.165, 1.54) is 0 Å². The summed E-state index contributed by atoms with van der Waals surface area (Å²) >= 11 is 0. The lowest BCUT2D eigenvalue weighted by atomic mass is 10.1. The van der Waals surface area contributed by atoms with Gasteiger partial charge in [0.15, 0.2) is 0 Å². The Morgan fingerprint density at radius 2 is 1.59 bits per heavy atom. The number of nitrogens with zero attached hydrogens (tertiary/aromatic N) is 1. The number of aryl methyl sites for hydroxylation is 1. The smallest absolute Gasteiger partial charge is 0.242 e. The fourth-order valence-electron chi connectivity index (χ4n) is 4.41. The second-order valence-corrected chi connectivity index (χ2v) is 11.8. The summed E-state index contributed by atoms with van der Waals surface area (Å²) in [6.07, 6.45) is 2.29. The van der Waals surface area contributed by atoms with Gasteiger partial charge in [-0.1, -0.05) is 42.5 Å². The van der Waals surface area contributed by atoms with Crippen LogP contribution in [0.2, 0.25) is 0 Å². The van der Waals surface area contributed by atoms with Crippen LogP contribution in [0.1, 0.15) is 42.9 Å². The highest BCUT2D eigenvalue weighted by molar-refractivity contribution is 7.89. The number of hydrogen-bond acceptors (Lipinski definition) is 6. The number of carbonyl (C=O) groups excluding carboxylic acids is 2. The molecular weight excluding hydrogens is 542 g/mol. The molecule has 0 aromatic heterocycles. The van der Waals surface area contributed by atoms with Crippen LogP contribution in [-0.2, 0) is 39.1 Å². The van der Waals surface area contributed by atoms with Crippen molar-refractivity contribution in [3.05, 3.63) is 89.5 Å². The lowest BCUT2D eigenvalue weighted by Gasteiger charge is -2.29. The van der Waals surface area contributed by atoms with Gasteiger partial charge in [-0.2, -0.15) is 0 Å². The number of benzene rings is 3. The average molecular weight is 580 g/mol. The lowest BCUT2D eigenvalue weighted by molar-refractivity contribution is -0.140. The molecule has 1 aliphatic rings. The molecule has 0 bridgehead atoms. The Morgan fingerprint density at radius 1 is 0.927 bits per heavy atom. The molecule has 2 amide bonds. The van der Waals surface area contributed by atoms with Gasteiger partial charge < -0.3 is 19.7 Å². The topological polar surface area (TPSA) is 114 Å². The number of sulfonamides is 1. The first-order valence-electron chi connectivity index (χ1n) is 13.6. The summed E-state index contributed by atoms with van der Waals surface area (Å²) in [5.41, 5.74) is 2.53. The molecule has 0 spiro atoms. The molecule has 41 heavy (non-hydrogen) atoms. The molecule has 1 fully saturated rings. The summed E-state index contributed by atoms with van der Waals surface area (Å²) < 4.78 is 38.2. The van der Waals surface area contributed by atoms with Crippen LogP contribution in [0.25, 0.3) is 0 Å². The molecule has 0 aliphatic heterocycles. The molecule has 10 heteroatoms. The number of hydrogen-bond donors (Lipinski definition) is 2. The van der Waals surface area contributed by atoms with E-state index in [-0.39, 0.29) is 42.3 Å². The van der Waals surface area contributed by atoms with Crippen molar-refractivity contribution in [2.45, 2.75) is 62.7 Å². The number of rotatable bonds is 14. The van der Waals surface area contributed by atoms with Crippen LogP contribution >= 0.6 is 0 Å². The Morgan fingerprint density at radius 3 is 2.22 bits per heavy atom. The van der Waals surface area contributed by atoms with E-state index in [9.17, 15) is 18.0 Å². The molecule has 4 rings (SSSR count). The fraction of sp³-hybridized carbons (Fsp3) is 0.355. The molecular formula is C31H37N3O6S. The van der Waals surface area contributed by atoms with Gasteiger partial charge in [0.05, 0.1) is 19.1 Å². The first kappa shape index (κ1) is 30.1. The van der Waals surface area contributed by atoms with E-state index in [4.69, 9.17) is 9.47 Å². The summed E-state index contributed by atoms with van der Waals surface area (Å²) in [5, 5.41) is 2.93. The van der Waals surface area contributed by atoms with Gasteiger partial charge in [0.1, 0.15) is 17.5 Å². The van der Waals surface area contributed by atoms with Gasteiger partial charge in [0.25, 0.3) is 0 Å². The zero-order chi connectivity index (χ0) is 29.4. The summed E-state index contributed by atoms with van der Waals surface area (Å²) in [6.45, 7) is 2.23. The number of methoxy groups -OCH3 is 2. The molecule has 0 radical (unpaired) electrons. The van der Waals surface area contributed by atoms with Crippen molar-refractivity contribution >= 4 is 21.8 Å². The van der Waals surface area contributed by atoms with Crippen LogP contribution in [0.4, 0.5) is 0 Å². The van der Waals surface area contributed by atoms with Gasteiger partial charge in [-0.15, -0.1) is 0 Å². The predicted molar refractivity (Wildman–Crippen MR) is 156 cm³/mol. The lowest BCUT2D eigenvalue weighted by Crippen LogP contribution is -2.47. The zero-order valence-electron chi connectivity index (χ0n) is 23.6. The molecule has 9 nitrogen and oxygen atoms in total. The summed E-state index contributed by atoms with van der Waals surface area (Å²) in [7, 11) is -0.368. The minimum absolute atomic E-state index is 0.0305. The fourth-order valence-corrected chi connectivity index (χ4v) is 5.71. The number of ether oxygens (including phenoxy) is 2. The van der Waals surface area contributed by atoms with Crippen molar-refractivity contribution in [3.8, 4) is 11.5 Å². The number of nitrogens with one attached hydrogen (secondary N) is 2. The van der Waals surface area contributed by atoms with Crippen LogP contribution in [0, 0.1) is 0 Å². The molecule has 0 saturated heterocycles. The van der Waals surface area contributed by atoms with E-state index in [1.807, 2.05) is 48.5 Å². The van der Waals surface area contributed by atoms with Crippen LogP contribution in [-0.4, -0.2) is 51.4 Å². The van der Waals surface area contributed by atoms with E-state index < -0.39 is 16.1 Å². The monoisotopic (exact) mass is 579 g/mol. The minimum atomic E-state index is -3.54. The highest BCUT2D eigenvalue weighted by atomic mass is 32.2. The SMILES string of the molecule is COc1ccc(CN(C(=O)CCc2ccc(S(=O)(=O)NC3CC3)cc2)[C@@H](C)C(=O)NCc2ccccc2OC)cc1. The van der Waals surface area contributed by atoms with Crippen molar-refractivity contribution in [3.63, 3.8) is 0 Å². The molecule has 1 aliphatic carbocycles. The molecule has 0 heterocycles. The average Bonchev–Trinajstić information content (AvgIpc) is 3.81. The summed E-state index contributed by atoms with van der Waals surface area (Å²) in [6, 6.07) is 20.7. The van der Waals surface area contributed by atoms with E-state index in [0.717, 1.165) is 29.5 Å². The molecule has 1 saturated carbocycles. The highest BCUT2D eigenvalue weighted by Gasteiger charge is 2.28. The third-order valence-corrected chi connectivity index (χ3v) is 8.62. The second kappa shape index (κ2) is 13.6. The Labute approximate surface area is 241 Å². The van der Waals surface area contributed by atoms with E-state index in [0.29, 0.717) is 17.9 Å². The van der Waals surface area contributed by atoms with Crippen molar-refractivity contribution < 1.29 is 27.5 Å². The standard InChI is InChI=1S/C31H37N3O6S/c1-22(31(36)32-20-25-6-4-5-7-29(25)40-3)34(21-24-8-15-27(39-2)16-9-24)30(35)19-12-23-10-17-28(18-11-23)41(37,38)33-26-13-14-26/h4-11,15-18,22,26,33H,12-14,19-21H2,1-3H3,(H,32,36)/t22-/m0/s1. The third-order valence-electron chi connectivity index (χ3n) is 7.09. The van der Waals surface area contributed by atoms with Gasteiger partial charge in [-0.05, 0) is 67.6 Å². The normalized spacial score (nSPS) is 13.7. The summed E-state index contributed by atoms with van der Waals surface area (Å²) in [5.74, 6) is 0.907. The number of para-hydroxylation sites is 1. The Bertz CT molecular complexity index is 1440. The quantitative estimate of drug-likeness (QED) is 0.300. The first-order valence-corrected chi connectivity index (χ1v) is 15.1. The third kappa shape index (κ3) is 8.31. The highest BCUT2D eigenvalue weighted by Crippen LogP contribution is 2.23. The molecule has 3 aromatic carbocycles. The largest absolute Gasteiger partial charge is 0.497 e. The van der Waals surface area contributed by atoms with Crippen LogP contribution in [0.15, 0.2) is 77.7 Å². The van der Waals surface area contributed by atoms with Gasteiger partial charge in [-0.25, -0.2) is 13.1 Å². The Kier molecular flexibility index (Phi) is 10.0. The molecule has 1 atom stereocenters. The van der Waals surface area contributed by atoms with Crippen LogP contribution < -0.4 is 19.5 Å². The van der Waals surface area contributed by atoms with Gasteiger partial charge >= 0.3 is 0 Å². The maximum atomic E-state index is 13.5. The van der Waals surface area contributed by atoms with Crippen LogP contribution in [0.3, 0.4) is 0 Å². The van der Waals surface area contributed by atoms with E-state index in [1.54, 1.807) is 50.3 Å². The van der Waals surface area contributed by atoms with Crippen molar-refractivity contribution in [2.24, 2.45) is 0 Å². The zero-order valence-corrected chi connectivity index (χ0v) is 24.4. The number of amides is 2. The molecule has 0 unspecified atom stereocenters. The van der Waals surface area contributed by atoms with E-state index >= 15 is 0 Å².